The Morgan fingerprint density at radius 2 is 1.90 bits per heavy atom. The van der Waals surface area contributed by atoms with Crippen LogP contribution in [-0.4, -0.2) is 36.0 Å². The van der Waals surface area contributed by atoms with Crippen LogP contribution in [0.5, 0.6) is 0 Å². The molecule has 1 fully saturated rings. The molecule has 4 N–H and O–H groups in total. The van der Waals surface area contributed by atoms with Crippen LogP contribution in [0.3, 0.4) is 0 Å². The molecule has 1 aromatic rings. The summed E-state index contributed by atoms with van der Waals surface area (Å²) in [7, 11) is 0. The van der Waals surface area contributed by atoms with Gasteiger partial charge in [-0.1, -0.05) is 11.6 Å². The van der Waals surface area contributed by atoms with Gasteiger partial charge >= 0.3 is 0 Å². The summed E-state index contributed by atoms with van der Waals surface area (Å²) in [4.78, 5) is 15.9. The molecule has 1 aliphatic heterocycles. The van der Waals surface area contributed by atoms with Crippen LogP contribution in [0.15, 0.2) is 12.1 Å². The summed E-state index contributed by atoms with van der Waals surface area (Å²) in [5.74, 6) is 0.110. The number of halogens is 1. The maximum Gasteiger partial charge on any atom is 0.220 e. The van der Waals surface area contributed by atoms with Crippen molar-refractivity contribution in [3.8, 4) is 0 Å². The van der Waals surface area contributed by atoms with Crippen molar-refractivity contribution in [2.45, 2.75) is 39.4 Å². The van der Waals surface area contributed by atoms with E-state index in [2.05, 4.69) is 18.7 Å². The second kappa shape index (κ2) is 6.12. The zero-order valence-electron chi connectivity index (χ0n) is 12.8. The zero-order chi connectivity index (χ0) is 15.7. The van der Waals surface area contributed by atoms with Crippen molar-refractivity contribution in [3.63, 3.8) is 0 Å². The first kappa shape index (κ1) is 15.9. The van der Waals surface area contributed by atoms with Crippen LogP contribution in [0.1, 0.15) is 26.3 Å². The SMILES string of the molecule is CC(=O)N1[C@H](C)CN(c2cc(Cl)cc(N)c2CN)C[C@@H]1C. The van der Waals surface area contributed by atoms with E-state index in [4.69, 9.17) is 23.1 Å². The van der Waals surface area contributed by atoms with E-state index in [1.807, 2.05) is 11.0 Å². The summed E-state index contributed by atoms with van der Waals surface area (Å²) in [6.45, 7) is 7.59. The van der Waals surface area contributed by atoms with E-state index >= 15 is 0 Å². The summed E-state index contributed by atoms with van der Waals surface area (Å²) in [6, 6.07) is 3.91. The average Bonchev–Trinajstić information content (AvgIpc) is 2.36. The Labute approximate surface area is 130 Å². The highest BCUT2D eigenvalue weighted by Gasteiger charge is 2.32. The molecule has 6 heteroatoms. The highest BCUT2D eigenvalue weighted by atomic mass is 35.5. The van der Waals surface area contributed by atoms with Crippen LogP contribution in [0.4, 0.5) is 11.4 Å². The Bertz CT molecular complexity index is 537. The highest BCUT2D eigenvalue weighted by molar-refractivity contribution is 6.31. The Kier molecular flexibility index (Phi) is 4.64. The summed E-state index contributed by atoms with van der Waals surface area (Å²) >= 11 is 6.14. The smallest absolute Gasteiger partial charge is 0.220 e. The number of rotatable bonds is 2. The van der Waals surface area contributed by atoms with Gasteiger partial charge in [0.05, 0.1) is 0 Å². The van der Waals surface area contributed by atoms with Gasteiger partial charge in [-0.25, -0.2) is 0 Å². The van der Waals surface area contributed by atoms with E-state index in [9.17, 15) is 4.79 Å². The number of benzene rings is 1. The van der Waals surface area contributed by atoms with Crippen molar-refractivity contribution in [1.29, 1.82) is 0 Å². The lowest BCUT2D eigenvalue weighted by Crippen LogP contribution is -2.58. The summed E-state index contributed by atoms with van der Waals surface area (Å²) < 4.78 is 0. The van der Waals surface area contributed by atoms with Gasteiger partial charge in [-0.05, 0) is 26.0 Å². The molecule has 0 aliphatic carbocycles. The van der Waals surface area contributed by atoms with Gasteiger partial charge < -0.3 is 21.3 Å². The highest BCUT2D eigenvalue weighted by Crippen LogP contribution is 2.32. The molecular weight excluding hydrogens is 288 g/mol. The number of anilines is 2. The van der Waals surface area contributed by atoms with Gasteiger partial charge in [0, 0.05) is 60.6 Å². The van der Waals surface area contributed by atoms with E-state index in [1.165, 1.54) is 0 Å². The molecule has 21 heavy (non-hydrogen) atoms. The summed E-state index contributed by atoms with van der Waals surface area (Å²) in [5.41, 5.74) is 14.4. The minimum absolute atomic E-state index is 0.110. The fraction of sp³-hybridized carbons (Fsp3) is 0.533. The Morgan fingerprint density at radius 1 is 1.33 bits per heavy atom. The topological polar surface area (TPSA) is 75.6 Å². The maximum absolute atomic E-state index is 11.7. The van der Waals surface area contributed by atoms with Gasteiger partial charge in [-0.2, -0.15) is 0 Å². The minimum Gasteiger partial charge on any atom is -0.398 e. The largest absolute Gasteiger partial charge is 0.398 e. The second-order valence-electron chi connectivity index (χ2n) is 5.73. The molecule has 1 amide bonds. The number of amides is 1. The summed E-state index contributed by atoms with van der Waals surface area (Å²) in [6.07, 6.45) is 0. The van der Waals surface area contributed by atoms with Gasteiger partial charge in [-0.15, -0.1) is 0 Å². The first-order valence-electron chi connectivity index (χ1n) is 7.17. The third-order valence-electron chi connectivity index (χ3n) is 4.05. The molecule has 5 nitrogen and oxygen atoms in total. The van der Waals surface area contributed by atoms with E-state index in [-0.39, 0.29) is 18.0 Å². The fourth-order valence-corrected chi connectivity index (χ4v) is 3.51. The number of nitrogens with zero attached hydrogens (tertiary/aromatic N) is 2. The van der Waals surface area contributed by atoms with Gasteiger partial charge in [0.1, 0.15) is 0 Å². The molecule has 116 valence electrons. The number of hydrogen-bond donors (Lipinski definition) is 2. The van der Waals surface area contributed by atoms with Crippen LogP contribution in [0.25, 0.3) is 0 Å². The van der Waals surface area contributed by atoms with E-state index < -0.39 is 0 Å². The van der Waals surface area contributed by atoms with Gasteiger partial charge in [-0.3, -0.25) is 4.79 Å². The first-order valence-corrected chi connectivity index (χ1v) is 7.54. The van der Waals surface area contributed by atoms with E-state index in [0.717, 1.165) is 24.3 Å². The van der Waals surface area contributed by atoms with Gasteiger partial charge in [0.2, 0.25) is 5.91 Å². The third-order valence-corrected chi connectivity index (χ3v) is 4.27. The van der Waals surface area contributed by atoms with E-state index in [1.54, 1.807) is 13.0 Å². The average molecular weight is 311 g/mol. The number of hydrogen-bond acceptors (Lipinski definition) is 4. The fourth-order valence-electron chi connectivity index (χ4n) is 3.29. The van der Waals surface area contributed by atoms with Crippen molar-refractivity contribution in [1.82, 2.24) is 4.90 Å². The van der Waals surface area contributed by atoms with Crippen molar-refractivity contribution in [2.75, 3.05) is 23.7 Å². The predicted molar refractivity (Wildman–Crippen MR) is 87.4 cm³/mol. The van der Waals surface area contributed by atoms with Crippen molar-refractivity contribution in [3.05, 3.63) is 22.7 Å². The van der Waals surface area contributed by atoms with Crippen LogP contribution >= 0.6 is 11.6 Å². The quantitative estimate of drug-likeness (QED) is 0.817. The molecule has 1 saturated heterocycles. The van der Waals surface area contributed by atoms with Crippen molar-refractivity contribution < 1.29 is 4.79 Å². The van der Waals surface area contributed by atoms with Crippen molar-refractivity contribution in [2.24, 2.45) is 5.73 Å². The second-order valence-corrected chi connectivity index (χ2v) is 6.16. The van der Waals surface area contributed by atoms with Crippen molar-refractivity contribution >= 4 is 28.9 Å². The van der Waals surface area contributed by atoms with Crippen LogP contribution in [0.2, 0.25) is 5.02 Å². The zero-order valence-corrected chi connectivity index (χ0v) is 13.5. The number of piperazine rings is 1. The Hall–Kier alpha value is -1.46. The molecule has 1 aliphatic rings. The minimum atomic E-state index is 0.110. The number of carbonyl (C=O) groups excluding carboxylic acids is 1. The predicted octanol–water partition coefficient (Wildman–Crippen LogP) is 1.83. The molecule has 2 atom stereocenters. The molecule has 2 rings (SSSR count). The standard InChI is InChI=1S/C15H23ClN4O/c1-9-7-19(8-10(2)20(9)11(3)21)15-5-12(16)4-14(18)13(15)6-17/h4-5,9-10H,6-8,17-18H2,1-3H3/t9-,10+. The normalized spacial score (nSPS) is 22.5. The monoisotopic (exact) mass is 310 g/mol. The van der Waals surface area contributed by atoms with Gasteiger partial charge in [0.15, 0.2) is 0 Å². The molecule has 1 heterocycles. The first-order chi connectivity index (χ1) is 9.85. The molecule has 0 spiro atoms. The molecular formula is C15H23ClN4O. The lowest BCUT2D eigenvalue weighted by Gasteiger charge is -2.45. The van der Waals surface area contributed by atoms with Crippen LogP contribution in [0, 0.1) is 0 Å². The molecule has 0 radical (unpaired) electrons. The lowest BCUT2D eigenvalue weighted by molar-refractivity contribution is -0.133. The molecule has 0 aromatic heterocycles. The van der Waals surface area contributed by atoms with Gasteiger partial charge in [0.25, 0.3) is 0 Å². The number of nitrogen functional groups attached to an aromatic ring is 1. The lowest BCUT2D eigenvalue weighted by atomic mass is 10.0. The van der Waals surface area contributed by atoms with Crippen LogP contribution in [-0.2, 0) is 11.3 Å². The maximum atomic E-state index is 11.7. The third kappa shape index (κ3) is 3.09. The summed E-state index contributed by atoms with van der Waals surface area (Å²) in [5, 5.41) is 0.606. The number of nitrogens with two attached hydrogens (primary N) is 2. The molecule has 1 aromatic carbocycles. The van der Waals surface area contributed by atoms with E-state index in [0.29, 0.717) is 17.3 Å². The van der Waals surface area contributed by atoms with Crippen LogP contribution < -0.4 is 16.4 Å². The molecule has 0 bridgehead atoms. The Morgan fingerprint density at radius 3 is 2.38 bits per heavy atom. The number of carbonyl (C=O) groups is 1. The Balaban J connectivity index is 2.34. The molecule has 0 saturated carbocycles. The molecule has 0 unspecified atom stereocenters.